The van der Waals surface area contributed by atoms with Crippen molar-refractivity contribution in [2.75, 3.05) is 19.8 Å². The van der Waals surface area contributed by atoms with E-state index < -0.39 is 19.9 Å². The zero-order valence-corrected chi connectivity index (χ0v) is 14.2. The molecule has 5 nitrogen and oxygen atoms in total. The van der Waals surface area contributed by atoms with Crippen molar-refractivity contribution in [3.63, 3.8) is 0 Å². The first-order valence-corrected chi connectivity index (χ1v) is 9.02. The Morgan fingerprint density at radius 1 is 1.19 bits per heavy atom. The molecule has 0 fully saturated rings. The first kappa shape index (κ1) is 18.5. The molecule has 0 heterocycles. The summed E-state index contributed by atoms with van der Waals surface area (Å²) in [5.41, 5.74) is -0.0564. The molecule has 0 aliphatic heterocycles. The van der Waals surface area contributed by atoms with Crippen LogP contribution in [-0.4, -0.2) is 34.2 Å². The van der Waals surface area contributed by atoms with Gasteiger partial charge in [-0.2, -0.15) is 0 Å². The molecule has 0 radical (unpaired) electrons. The van der Waals surface area contributed by atoms with E-state index in [1.165, 1.54) is 6.07 Å². The van der Waals surface area contributed by atoms with Crippen LogP contribution in [0.2, 0.25) is 10.0 Å². The van der Waals surface area contributed by atoms with Gasteiger partial charge in [-0.1, -0.05) is 30.1 Å². The van der Waals surface area contributed by atoms with E-state index in [9.17, 15) is 13.2 Å². The Balaban J connectivity index is 2.84. The monoisotopic (exact) mass is 374 g/mol. The highest BCUT2D eigenvalue weighted by molar-refractivity contribution is 8.13. The largest absolute Gasteiger partial charge is 0.460 e. The van der Waals surface area contributed by atoms with Gasteiger partial charge in [0.15, 0.2) is 0 Å². The van der Waals surface area contributed by atoms with Crippen LogP contribution >= 0.6 is 33.9 Å². The summed E-state index contributed by atoms with van der Waals surface area (Å²) in [5.74, 6) is -0.741. The van der Waals surface area contributed by atoms with E-state index >= 15 is 0 Å². The third-order valence-electron chi connectivity index (χ3n) is 2.30. The third kappa shape index (κ3) is 5.64. The smallest absolute Gasteiger partial charge is 0.338 e. The minimum atomic E-state index is -4.12. The SMILES string of the molecule is CCCOCCOC(=O)c1cc(Cl)c(Cl)c(S(=O)(=O)Cl)c1. The average Bonchev–Trinajstić information content (AvgIpc) is 2.39. The number of esters is 1. The van der Waals surface area contributed by atoms with Gasteiger partial charge in [0.2, 0.25) is 0 Å². The molecule has 1 aromatic carbocycles. The van der Waals surface area contributed by atoms with Crippen molar-refractivity contribution in [3.05, 3.63) is 27.7 Å². The molecule has 0 aromatic heterocycles. The van der Waals surface area contributed by atoms with E-state index in [0.717, 1.165) is 12.5 Å². The number of hydrogen-bond acceptors (Lipinski definition) is 5. The number of halogens is 3. The summed E-state index contributed by atoms with van der Waals surface area (Å²) in [6, 6.07) is 2.23. The lowest BCUT2D eigenvalue weighted by Gasteiger charge is -2.08. The van der Waals surface area contributed by atoms with Gasteiger partial charge >= 0.3 is 5.97 Å². The standard InChI is InChI=1S/C12H13Cl3O5S/c1-2-3-19-4-5-20-12(16)8-6-9(13)11(14)10(7-8)21(15,17)18/h6-7H,2-5H2,1H3. The molecule has 118 valence electrons. The summed E-state index contributed by atoms with van der Waals surface area (Å²) in [5, 5.41) is -0.345. The molecule has 0 N–H and O–H groups in total. The van der Waals surface area contributed by atoms with Crippen LogP contribution in [0.3, 0.4) is 0 Å². The Morgan fingerprint density at radius 3 is 2.43 bits per heavy atom. The molecular formula is C12H13Cl3O5S. The number of hydrogen-bond donors (Lipinski definition) is 0. The zero-order chi connectivity index (χ0) is 16.0. The molecular weight excluding hydrogens is 363 g/mol. The minimum absolute atomic E-state index is 0.0437. The van der Waals surface area contributed by atoms with Gasteiger partial charge in [0.1, 0.15) is 11.5 Å². The van der Waals surface area contributed by atoms with Gasteiger partial charge in [-0.05, 0) is 18.6 Å². The van der Waals surface area contributed by atoms with Crippen LogP contribution in [0.1, 0.15) is 23.7 Å². The molecule has 0 saturated heterocycles. The van der Waals surface area contributed by atoms with Gasteiger partial charge in [0.25, 0.3) is 9.05 Å². The summed E-state index contributed by atoms with van der Waals surface area (Å²) < 4.78 is 32.8. The predicted octanol–water partition coefficient (Wildman–Crippen LogP) is 3.50. The van der Waals surface area contributed by atoms with Crippen molar-refractivity contribution in [2.45, 2.75) is 18.2 Å². The maximum absolute atomic E-state index is 11.8. The molecule has 0 aliphatic carbocycles. The van der Waals surface area contributed by atoms with Crippen molar-refractivity contribution < 1.29 is 22.7 Å². The van der Waals surface area contributed by atoms with Gasteiger partial charge in [-0.15, -0.1) is 0 Å². The van der Waals surface area contributed by atoms with E-state index in [-0.39, 0.29) is 28.8 Å². The van der Waals surface area contributed by atoms with Crippen LogP contribution in [0.25, 0.3) is 0 Å². The molecule has 0 aliphatic rings. The van der Waals surface area contributed by atoms with Gasteiger partial charge in [0.05, 0.1) is 22.2 Å². The Bertz CT molecular complexity index is 616. The molecule has 0 spiro atoms. The van der Waals surface area contributed by atoms with Crippen molar-refractivity contribution in [2.24, 2.45) is 0 Å². The van der Waals surface area contributed by atoms with E-state index in [2.05, 4.69) is 0 Å². The van der Waals surface area contributed by atoms with Crippen LogP contribution in [0, 0.1) is 0 Å². The van der Waals surface area contributed by atoms with Gasteiger partial charge < -0.3 is 9.47 Å². The summed E-state index contributed by atoms with van der Waals surface area (Å²) in [6.07, 6.45) is 0.859. The fourth-order valence-electron chi connectivity index (χ4n) is 1.38. The molecule has 21 heavy (non-hydrogen) atoms. The van der Waals surface area contributed by atoms with Crippen molar-refractivity contribution in [3.8, 4) is 0 Å². The fraction of sp³-hybridized carbons (Fsp3) is 0.417. The van der Waals surface area contributed by atoms with E-state index in [4.69, 9.17) is 43.4 Å². The maximum Gasteiger partial charge on any atom is 0.338 e. The van der Waals surface area contributed by atoms with Gasteiger partial charge in [-0.25, -0.2) is 13.2 Å². The van der Waals surface area contributed by atoms with Crippen LogP contribution < -0.4 is 0 Å². The zero-order valence-electron chi connectivity index (χ0n) is 11.1. The number of carbonyl (C=O) groups is 1. The second kappa shape index (κ2) is 8.19. The molecule has 9 heteroatoms. The van der Waals surface area contributed by atoms with E-state index in [1.54, 1.807) is 0 Å². The molecule has 0 saturated carbocycles. The lowest BCUT2D eigenvalue weighted by Crippen LogP contribution is -2.12. The second-order valence-electron chi connectivity index (χ2n) is 3.96. The highest BCUT2D eigenvalue weighted by atomic mass is 35.7. The summed E-state index contributed by atoms with van der Waals surface area (Å²) in [6.45, 7) is 2.82. The number of benzene rings is 1. The number of rotatable bonds is 7. The summed E-state index contributed by atoms with van der Waals surface area (Å²) in [7, 11) is 1.11. The van der Waals surface area contributed by atoms with Crippen LogP contribution in [0.5, 0.6) is 0 Å². The van der Waals surface area contributed by atoms with Crippen molar-refractivity contribution >= 4 is 48.9 Å². The molecule has 1 rings (SSSR count). The van der Waals surface area contributed by atoms with Crippen molar-refractivity contribution in [1.82, 2.24) is 0 Å². The Morgan fingerprint density at radius 2 is 1.86 bits per heavy atom. The fourth-order valence-corrected chi connectivity index (χ4v) is 3.15. The third-order valence-corrected chi connectivity index (χ3v) is 4.56. The Labute approximate surface area is 137 Å². The second-order valence-corrected chi connectivity index (χ2v) is 7.28. The van der Waals surface area contributed by atoms with Gasteiger partial charge in [0, 0.05) is 17.3 Å². The first-order chi connectivity index (χ1) is 9.77. The Kier molecular flexibility index (Phi) is 7.23. The van der Waals surface area contributed by atoms with Gasteiger partial charge in [-0.3, -0.25) is 0 Å². The molecule has 0 amide bonds. The number of carbonyl (C=O) groups excluding carboxylic acids is 1. The number of ether oxygens (including phenoxy) is 2. The molecule has 0 atom stereocenters. The summed E-state index contributed by atoms with van der Waals surface area (Å²) in [4.78, 5) is 11.4. The molecule has 0 unspecified atom stereocenters. The van der Waals surface area contributed by atoms with Crippen molar-refractivity contribution in [1.29, 1.82) is 0 Å². The minimum Gasteiger partial charge on any atom is -0.460 e. The van der Waals surface area contributed by atoms with E-state index in [0.29, 0.717) is 6.61 Å². The normalized spacial score (nSPS) is 11.4. The van der Waals surface area contributed by atoms with Crippen LogP contribution in [-0.2, 0) is 18.5 Å². The lowest BCUT2D eigenvalue weighted by molar-refractivity contribution is 0.0318. The maximum atomic E-state index is 11.8. The quantitative estimate of drug-likeness (QED) is 0.414. The Hall–Kier alpha value is -0.530. The van der Waals surface area contributed by atoms with E-state index in [1.807, 2.05) is 6.92 Å². The van der Waals surface area contributed by atoms with Crippen LogP contribution in [0.15, 0.2) is 17.0 Å². The topological polar surface area (TPSA) is 69.7 Å². The first-order valence-electron chi connectivity index (χ1n) is 5.96. The van der Waals surface area contributed by atoms with Crippen LogP contribution in [0.4, 0.5) is 0 Å². The highest BCUT2D eigenvalue weighted by Crippen LogP contribution is 2.32. The predicted molar refractivity (Wildman–Crippen MR) is 80.9 cm³/mol. The highest BCUT2D eigenvalue weighted by Gasteiger charge is 2.21. The molecule has 1 aromatic rings. The summed E-state index contributed by atoms with van der Waals surface area (Å²) >= 11 is 11.5. The lowest BCUT2D eigenvalue weighted by atomic mass is 10.2. The average molecular weight is 376 g/mol. The molecule has 0 bridgehead atoms.